The molecule has 1 heterocycles. The number of halogens is 1. The molecule has 0 radical (unpaired) electrons. The van der Waals surface area contributed by atoms with E-state index in [0.29, 0.717) is 32.8 Å². The van der Waals surface area contributed by atoms with Gasteiger partial charge < -0.3 is 0 Å². The van der Waals surface area contributed by atoms with Gasteiger partial charge in [0.25, 0.3) is 5.91 Å². The second-order valence-electron chi connectivity index (χ2n) is 7.15. The summed E-state index contributed by atoms with van der Waals surface area (Å²) in [4.78, 5) is 17.1. The number of thiazole rings is 1. The number of hydrogen-bond acceptors (Lipinski definition) is 5. The van der Waals surface area contributed by atoms with Crippen molar-refractivity contribution in [3.05, 3.63) is 52.0 Å². The summed E-state index contributed by atoms with van der Waals surface area (Å²) in [6.45, 7) is 0. The van der Waals surface area contributed by atoms with E-state index >= 15 is 0 Å². The van der Waals surface area contributed by atoms with Crippen molar-refractivity contribution >= 4 is 49.4 Å². The molecule has 1 aliphatic carbocycles. The number of nitrogens with zero attached hydrogens (tertiary/aromatic N) is 1. The van der Waals surface area contributed by atoms with Crippen LogP contribution in [-0.2, 0) is 20.4 Å². The molecule has 1 aliphatic rings. The van der Waals surface area contributed by atoms with Crippen molar-refractivity contribution in [1.29, 1.82) is 0 Å². The summed E-state index contributed by atoms with van der Waals surface area (Å²) in [6.07, 6.45) is 10.5. The Labute approximate surface area is 174 Å². The fourth-order valence-electron chi connectivity index (χ4n) is 3.40. The number of anilines is 1. The van der Waals surface area contributed by atoms with Gasteiger partial charge in [-0.3, -0.25) is 10.1 Å². The maximum absolute atomic E-state index is 13.0. The molecule has 5 nitrogen and oxygen atoms in total. The molecule has 0 aliphatic heterocycles. The summed E-state index contributed by atoms with van der Waals surface area (Å²) in [5.74, 6) is -0.00764. The molecule has 0 unspecified atom stereocenters. The Morgan fingerprint density at radius 1 is 1.32 bits per heavy atom. The van der Waals surface area contributed by atoms with E-state index in [2.05, 4.69) is 10.3 Å². The van der Waals surface area contributed by atoms with E-state index in [-0.39, 0.29) is 11.7 Å². The van der Waals surface area contributed by atoms with E-state index in [1.165, 1.54) is 24.0 Å². The fourth-order valence-corrected chi connectivity index (χ4v) is 5.07. The first-order valence-corrected chi connectivity index (χ1v) is 12.5. The Bertz CT molecular complexity index is 963. The normalized spacial score (nSPS) is 16.1. The molecular formula is C20H23ClN2O3S2. The molecule has 0 saturated heterocycles. The number of allylic oxidation sites excluding steroid dienone is 1. The Morgan fingerprint density at radius 2 is 2.07 bits per heavy atom. The van der Waals surface area contributed by atoms with Gasteiger partial charge in [0.2, 0.25) is 0 Å². The van der Waals surface area contributed by atoms with Crippen molar-refractivity contribution < 1.29 is 13.2 Å². The maximum atomic E-state index is 13.0. The summed E-state index contributed by atoms with van der Waals surface area (Å²) in [5.41, 5.74) is 1.77. The number of amides is 1. The van der Waals surface area contributed by atoms with Crippen LogP contribution < -0.4 is 5.32 Å². The summed E-state index contributed by atoms with van der Waals surface area (Å²) >= 11 is 7.69. The number of carbonyl (C=O) groups is 1. The number of sulfone groups is 1. The van der Waals surface area contributed by atoms with Gasteiger partial charge in [0.05, 0.1) is 5.75 Å². The molecule has 2 aromatic rings. The molecule has 1 aromatic heterocycles. The number of rotatable bonds is 6. The van der Waals surface area contributed by atoms with Gasteiger partial charge in [-0.15, -0.1) is 11.3 Å². The van der Waals surface area contributed by atoms with Gasteiger partial charge >= 0.3 is 0 Å². The van der Waals surface area contributed by atoms with E-state index in [0.717, 1.165) is 25.7 Å². The smallest absolute Gasteiger partial charge is 0.257 e. The van der Waals surface area contributed by atoms with Crippen LogP contribution in [0.1, 0.15) is 43.2 Å². The Hall–Kier alpha value is -1.70. The van der Waals surface area contributed by atoms with E-state index in [9.17, 15) is 13.2 Å². The van der Waals surface area contributed by atoms with E-state index in [4.69, 9.17) is 11.6 Å². The fraction of sp³-hybridized carbons (Fsp3) is 0.400. The van der Waals surface area contributed by atoms with E-state index < -0.39 is 9.84 Å². The van der Waals surface area contributed by atoms with Crippen LogP contribution >= 0.6 is 22.9 Å². The number of hydrogen-bond donors (Lipinski definition) is 1. The summed E-state index contributed by atoms with van der Waals surface area (Å²) in [6, 6.07) is 5.13. The lowest BCUT2D eigenvalue weighted by Gasteiger charge is -2.20. The van der Waals surface area contributed by atoms with Gasteiger partial charge in [-0.25, -0.2) is 13.4 Å². The number of carbonyl (C=O) groups excluding carboxylic acids is 1. The quantitative estimate of drug-likeness (QED) is 0.648. The highest BCUT2D eigenvalue weighted by Crippen LogP contribution is 2.31. The third-order valence-corrected chi connectivity index (χ3v) is 6.61. The average molecular weight is 439 g/mol. The second kappa shape index (κ2) is 9.20. The van der Waals surface area contributed by atoms with Gasteiger partial charge in [0.1, 0.15) is 0 Å². The molecule has 28 heavy (non-hydrogen) atoms. The van der Waals surface area contributed by atoms with Crippen LogP contribution in [0.2, 0.25) is 5.02 Å². The zero-order chi connectivity index (χ0) is 20.1. The molecule has 1 amide bonds. The highest BCUT2D eigenvalue weighted by molar-refractivity contribution is 7.89. The lowest BCUT2D eigenvalue weighted by molar-refractivity contribution is -0.111. The van der Waals surface area contributed by atoms with Crippen LogP contribution in [0.4, 0.5) is 5.13 Å². The van der Waals surface area contributed by atoms with Crippen molar-refractivity contribution in [3.8, 4) is 0 Å². The molecule has 1 aromatic carbocycles. The largest absolute Gasteiger partial charge is 0.298 e. The van der Waals surface area contributed by atoms with Gasteiger partial charge in [0.15, 0.2) is 15.0 Å². The summed E-state index contributed by atoms with van der Waals surface area (Å²) in [5, 5.41) is 5.53. The van der Waals surface area contributed by atoms with Crippen molar-refractivity contribution in [1.82, 2.24) is 4.98 Å². The topological polar surface area (TPSA) is 76.1 Å². The highest BCUT2D eigenvalue weighted by atomic mass is 35.5. The monoisotopic (exact) mass is 438 g/mol. The Morgan fingerprint density at radius 3 is 2.68 bits per heavy atom. The van der Waals surface area contributed by atoms with Gasteiger partial charge in [-0.1, -0.05) is 49.1 Å². The van der Waals surface area contributed by atoms with E-state index in [1.54, 1.807) is 29.8 Å². The van der Waals surface area contributed by atoms with Crippen LogP contribution in [0.5, 0.6) is 0 Å². The van der Waals surface area contributed by atoms with Crippen LogP contribution in [0, 0.1) is 5.92 Å². The maximum Gasteiger partial charge on any atom is 0.257 e. The molecule has 1 N–H and O–H groups in total. The van der Waals surface area contributed by atoms with Gasteiger partial charge in [0, 0.05) is 28.4 Å². The molecule has 0 atom stereocenters. The highest BCUT2D eigenvalue weighted by Gasteiger charge is 2.19. The molecule has 3 rings (SSSR count). The minimum Gasteiger partial charge on any atom is -0.298 e. The minimum atomic E-state index is -3.19. The van der Waals surface area contributed by atoms with Crippen molar-refractivity contribution in [3.63, 3.8) is 0 Å². The first-order chi connectivity index (χ1) is 13.3. The Kier molecular flexibility index (Phi) is 6.91. The van der Waals surface area contributed by atoms with Crippen LogP contribution in [0.25, 0.3) is 5.57 Å². The molecule has 8 heteroatoms. The van der Waals surface area contributed by atoms with Crippen molar-refractivity contribution in [2.24, 2.45) is 5.92 Å². The predicted molar refractivity (Wildman–Crippen MR) is 115 cm³/mol. The number of nitrogens with one attached hydrogen (secondary N) is 1. The summed E-state index contributed by atoms with van der Waals surface area (Å²) < 4.78 is 23.2. The number of benzene rings is 1. The molecule has 150 valence electrons. The van der Waals surface area contributed by atoms with Gasteiger partial charge in [-0.2, -0.15) is 0 Å². The van der Waals surface area contributed by atoms with Gasteiger partial charge in [-0.05, 0) is 36.0 Å². The third kappa shape index (κ3) is 5.90. The first kappa shape index (κ1) is 21.0. The lowest BCUT2D eigenvalue weighted by Crippen LogP contribution is -2.15. The first-order valence-electron chi connectivity index (χ1n) is 9.21. The minimum absolute atomic E-state index is 0.126. The Balaban J connectivity index is 1.92. The number of aromatic nitrogens is 1. The lowest BCUT2D eigenvalue weighted by atomic mass is 9.86. The van der Waals surface area contributed by atoms with Crippen LogP contribution in [0.15, 0.2) is 35.9 Å². The van der Waals surface area contributed by atoms with Crippen LogP contribution in [0.3, 0.4) is 0 Å². The van der Waals surface area contributed by atoms with E-state index in [1.807, 2.05) is 6.08 Å². The molecule has 1 fully saturated rings. The molecule has 0 spiro atoms. The molecule has 0 bridgehead atoms. The molecular weight excluding hydrogens is 416 g/mol. The SMILES string of the molecule is CS(=O)(=O)Cc1ccc(/C(=C\C2CCCCC2)C(=O)Nc2nccs2)cc1Cl. The van der Waals surface area contributed by atoms with Crippen molar-refractivity contribution in [2.75, 3.05) is 11.6 Å². The second-order valence-corrected chi connectivity index (χ2v) is 10.6. The average Bonchev–Trinajstić information content (AvgIpc) is 3.14. The zero-order valence-electron chi connectivity index (χ0n) is 15.7. The van der Waals surface area contributed by atoms with Crippen molar-refractivity contribution in [2.45, 2.75) is 37.9 Å². The standard InChI is InChI=1S/C20H23ClN2O3S2/c1-28(25,26)13-16-8-7-15(12-18(16)21)17(11-14-5-3-2-4-6-14)19(24)23-20-22-9-10-27-20/h7-12,14H,2-6,13H2,1H3,(H,22,23,24)/b17-11+. The van der Waals surface area contributed by atoms with Crippen LogP contribution in [-0.4, -0.2) is 25.6 Å². The summed E-state index contributed by atoms with van der Waals surface area (Å²) in [7, 11) is -3.19. The molecule has 1 saturated carbocycles. The zero-order valence-corrected chi connectivity index (χ0v) is 18.0. The third-order valence-electron chi connectivity index (χ3n) is 4.73. The predicted octanol–water partition coefficient (Wildman–Crippen LogP) is 4.94.